The molecular formula is C18H27ClN2O3S. The lowest BCUT2D eigenvalue weighted by molar-refractivity contribution is -0.134. The maximum atomic E-state index is 12.4. The first kappa shape index (κ1) is 20.2. The van der Waals surface area contributed by atoms with Crippen LogP contribution in [0.4, 0.5) is 0 Å². The van der Waals surface area contributed by atoms with E-state index in [9.17, 15) is 4.79 Å². The van der Waals surface area contributed by atoms with Gasteiger partial charge in [0.05, 0.1) is 0 Å². The van der Waals surface area contributed by atoms with Gasteiger partial charge in [-0.25, -0.2) is 0 Å². The summed E-state index contributed by atoms with van der Waals surface area (Å²) in [5.74, 6) is 2.58. The minimum atomic E-state index is -0.00309. The zero-order chi connectivity index (χ0) is 17.2. The van der Waals surface area contributed by atoms with Gasteiger partial charge in [-0.15, -0.1) is 24.2 Å². The predicted octanol–water partition coefficient (Wildman–Crippen LogP) is 2.95. The fourth-order valence-corrected chi connectivity index (χ4v) is 3.98. The summed E-state index contributed by atoms with van der Waals surface area (Å²) >= 11 is 1.68. The average molecular weight is 387 g/mol. The van der Waals surface area contributed by atoms with Crippen LogP contribution in [0.3, 0.4) is 0 Å². The van der Waals surface area contributed by atoms with Gasteiger partial charge < -0.3 is 20.1 Å². The first-order valence-electron chi connectivity index (χ1n) is 8.51. The van der Waals surface area contributed by atoms with E-state index in [2.05, 4.69) is 13.8 Å². The highest BCUT2D eigenvalue weighted by molar-refractivity contribution is 7.99. The van der Waals surface area contributed by atoms with Gasteiger partial charge in [-0.2, -0.15) is 0 Å². The Balaban J connectivity index is 0.00000225. The summed E-state index contributed by atoms with van der Waals surface area (Å²) in [5.41, 5.74) is 6.14. The first-order valence-corrected chi connectivity index (χ1v) is 9.50. The van der Waals surface area contributed by atoms with Crippen LogP contribution in [-0.4, -0.2) is 48.9 Å². The molecule has 5 nitrogen and oxygen atoms in total. The predicted molar refractivity (Wildman–Crippen MR) is 103 cm³/mol. The largest absolute Gasteiger partial charge is 0.486 e. The van der Waals surface area contributed by atoms with Gasteiger partial charge in [0.1, 0.15) is 13.2 Å². The summed E-state index contributed by atoms with van der Waals surface area (Å²) in [4.78, 5) is 15.5. The maximum absolute atomic E-state index is 12.4. The quantitative estimate of drug-likeness (QED) is 0.806. The summed E-state index contributed by atoms with van der Waals surface area (Å²) in [6, 6.07) is 6.12. The molecule has 1 amide bonds. The maximum Gasteiger partial charge on any atom is 0.223 e. The topological polar surface area (TPSA) is 64.8 Å². The lowest BCUT2D eigenvalue weighted by Crippen LogP contribution is -2.54. The van der Waals surface area contributed by atoms with Crippen molar-refractivity contribution in [3.05, 3.63) is 18.2 Å². The molecule has 3 rings (SSSR count). The Bertz CT molecular complexity index is 612. The zero-order valence-corrected chi connectivity index (χ0v) is 16.5. The fourth-order valence-electron chi connectivity index (χ4n) is 3.11. The molecule has 2 heterocycles. The van der Waals surface area contributed by atoms with Gasteiger partial charge in [0.25, 0.3) is 0 Å². The second-order valence-corrected chi connectivity index (χ2v) is 8.27. The minimum absolute atomic E-state index is 0. The Morgan fingerprint density at radius 1 is 1.32 bits per heavy atom. The second kappa shape index (κ2) is 8.52. The number of carbonyl (C=O) groups excluding carboxylic acids is 1. The van der Waals surface area contributed by atoms with E-state index in [-0.39, 0.29) is 29.8 Å². The van der Waals surface area contributed by atoms with Crippen molar-refractivity contribution in [2.24, 2.45) is 11.1 Å². The molecule has 2 N–H and O–H groups in total. The molecular weight excluding hydrogens is 360 g/mol. The first-order chi connectivity index (χ1) is 11.5. The summed E-state index contributed by atoms with van der Waals surface area (Å²) in [6.07, 6.45) is 1.43. The summed E-state index contributed by atoms with van der Waals surface area (Å²) in [6.45, 7) is 7.00. The molecule has 1 fully saturated rings. The van der Waals surface area contributed by atoms with Crippen LogP contribution in [0.1, 0.15) is 26.7 Å². The van der Waals surface area contributed by atoms with Crippen LogP contribution >= 0.6 is 24.2 Å². The molecule has 1 aromatic carbocycles. The summed E-state index contributed by atoms with van der Waals surface area (Å²) in [5, 5.41) is 0. The van der Waals surface area contributed by atoms with E-state index in [1.54, 1.807) is 11.8 Å². The Kier molecular flexibility index (Phi) is 6.88. The number of carbonyl (C=O) groups is 1. The summed E-state index contributed by atoms with van der Waals surface area (Å²) < 4.78 is 11.1. The van der Waals surface area contributed by atoms with E-state index in [1.165, 1.54) is 0 Å². The smallest absolute Gasteiger partial charge is 0.223 e. The van der Waals surface area contributed by atoms with Crippen LogP contribution in [0.5, 0.6) is 11.5 Å². The molecule has 0 aromatic heterocycles. The lowest BCUT2D eigenvalue weighted by atomic mass is 9.79. The number of hydrogen-bond donors (Lipinski definition) is 1. The number of ether oxygens (including phenoxy) is 2. The molecule has 0 saturated carbocycles. The molecule has 2 aliphatic heterocycles. The van der Waals surface area contributed by atoms with Gasteiger partial charge in [-0.3, -0.25) is 4.79 Å². The van der Waals surface area contributed by atoms with Crippen molar-refractivity contribution in [2.45, 2.75) is 37.6 Å². The molecule has 0 spiro atoms. The highest BCUT2D eigenvalue weighted by atomic mass is 35.5. The van der Waals surface area contributed by atoms with Crippen molar-refractivity contribution in [3.8, 4) is 11.5 Å². The highest BCUT2D eigenvalue weighted by Gasteiger charge is 2.35. The number of piperidine rings is 1. The zero-order valence-electron chi connectivity index (χ0n) is 14.8. The molecule has 1 saturated heterocycles. The molecule has 2 aliphatic rings. The van der Waals surface area contributed by atoms with E-state index < -0.39 is 0 Å². The van der Waals surface area contributed by atoms with Gasteiger partial charge >= 0.3 is 0 Å². The number of rotatable bonds is 4. The molecule has 7 heteroatoms. The van der Waals surface area contributed by atoms with Crippen molar-refractivity contribution in [1.82, 2.24) is 4.90 Å². The van der Waals surface area contributed by atoms with Gasteiger partial charge in [-0.05, 0) is 30.0 Å². The third kappa shape index (κ3) is 4.96. The highest BCUT2D eigenvalue weighted by Crippen LogP contribution is 2.34. The molecule has 0 aliphatic carbocycles. The Morgan fingerprint density at radius 3 is 2.76 bits per heavy atom. The molecule has 0 radical (unpaired) electrons. The van der Waals surface area contributed by atoms with Crippen molar-refractivity contribution in [3.63, 3.8) is 0 Å². The van der Waals surface area contributed by atoms with Crippen molar-refractivity contribution < 1.29 is 14.3 Å². The Morgan fingerprint density at radius 2 is 2.04 bits per heavy atom. The number of nitrogens with two attached hydrogens (primary N) is 1. The third-order valence-electron chi connectivity index (χ3n) is 4.76. The van der Waals surface area contributed by atoms with E-state index in [0.29, 0.717) is 19.6 Å². The van der Waals surface area contributed by atoms with Gasteiger partial charge in [0.15, 0.2) is 11.5 Å². The molecule has 25 heavy (non-hydrogen) atoms. The number of thioether (sulfide) groups is 1. The van der Waals surface area contributed by atoms with E-state index in [0.717, 1.165) is 41.7 Å². The van der Waals surface area contributed by atoms with Crippen molar-refractivity contribution in [1.29, 1.82) is 0 Å². The second-order valence-electron chi connectivity index (χ2n) is 7.10. The monoisotopic (exact) mass is 386 g/mol. The fraction of sp³-hybridized carbons (Fsp3) is 0.611. The minimum Gasteiger partial charge on any atom is -0.486 e. The van der Waals surface area contributed by atoms with Crippen molar-refractivity contribution >= 4 is 30.1 Å². The van der Waals surface area contributed by atoms with Crippen molar-refractivity contribution in [2.75, 3.05) is 32.1 Å². The number of halogens is 1. The normalized spacial score (nSPS) is 21.4. The molecule has 0 bridgehead atoms. The lowest BCUT2D eigenvalue weighted by Gasteiger charge is -2.42. The van der Waals surface area contributed by atoms with Crippen LogP contribution in [0.15, 0.2) is 23.1 Å². The molecule has 140 valence electrons. The molecule has 1 atom stereocenters. The number of likely N-dealkylation sites (tertiary alicyclic amines) is 1. The van der Waals surface area contributed by atoms with Gasteiger partial charge in [0.2, 0.25) is 5.91 Å². The van der Waals surface area contributed by atoms with E-state index in [1.807, 2.05) is 23.1 Å². The number of amides is 1. The van der Waals surface area contributed by atoms with Crippen LogP contribution in [-0.2, 0) is 4.79 Å². The molecule has 1 aromatic rings. The van der Waals surface area contributed by atoms with Gasteiger partial charge in [-0.1, -0.05) is 13.8 Å². The average Bonchev–Trinajstić information content (AvgIpc) is 2.57. The van der Waals surface area contributed by atoms with E-state index >= 15 is 0 Å². The third-order valence-corrected chi connectivity index (χ3v) is 5.76. The Hall–Kier alpha value is -1.11. The number of nitrogens with zero attached hydrogens (tertiary/aromatic N) is 1. The van der Waals surface area contributed by atoms with Crippen LogP contribution in [0, 0.1) is 5.41 Å². The number of fused-ring (bicyclic) bond motifs is 1. The van der Waals surface area contributed by atoms with Crippen LogP contribution < -0.4 is 15.2 Å². The SMILES string of the molecule is CC1(C)CN(C(=O)CCSc2ccc3c(c2)OCCO3)CCC1N.Cl. The van der Waals surface area contributed by atoms with E-state index in [4.69, 9.17) is 15.2 Å². The molecule has 1 unspecified atom stereocenters. The standard InChI is InChI=1S/C18H26N2O3S.ClH/c1-18(2)12-20(7-5-16(18)19)17(21)6-10-24-13-3-4-14-15(11-13)23-9-8-22-14;/h3-4,11,16H,5-10,12,19H2,1-2H3;1H. The van der Waals surface area contributed by atoms with Crippen LogP contribution in [0.25, 0.3) is 0 Å². The number of benzene rings is 1. The summed E-state index contributed by atoms with van der Waals surface area (Å²) in [7, 11) is 0. The van der Waals surface area contributed by atoms with Gasteiger partial charge in [0, 0.05) is 36.2 Å². The van der Waals surface area contributed by atoms with Crippen LogP contribution in [0.2, 0.25) is 0 Å². The Labute approximate surface area is 160 Å². The number of hydrogen-bond acceptors (Lipinski definition) is 5.